The Morgan fingerprint density at radius 3 is 2.68 bits per heavy atom. The van der Waals surface area contributed by atoms with Gasteiger partial charge in [0.05, 0.1) is 0 Å². The molecule has 0 aliphatic heterocycles. The van der Waals surface area contributed by atoms with Crippen LogP contribution < -0.4 is 5.73 Å². The molecule has 2 aromatic rings. The van der Waals surface area contributed by atoms with Crippen LogP contribution in [-0.2, 0) is 5.75 Å². The summed E-state index contributed by atoms with van der Waals surface area (Å²) in [7, 11) is 0. The number of amidine groups is 1. The van der Waals surface area contributed by atoms with Crippen LogP contribution >= 0.6 is 23.4 Å². The molecule has 0 unspecified atom stereocenters. The zero-order valence-corrected chi connectivity index (χ0v) is 12.2. The summed E-state index contributed by atoms with van der Waals surface area (Å²) in [6.45, 7) is 1.99. The predicted molar refractivity (Wildman–Crippen MR) is 83.2 cm³/mol. The van der Waals surface area contributed by atoms with Crippen molar-refractivity contribution in [3.05, 3.63) is 64.2 Å². The largest absolute Gasteiger partial charge is 0.384 e. The highest BCUT2D eigenvalue weighted by Crippen LogP contribution is 2.29. The van der Waals surface area contributed by atoms with Crippen LogP contribution in [0.4, 0.5) is 0 Å². The van der Waals surface area contributed by atoms with E-state index < -0.39 is 0 Å². The van der Waals surface area contributed by atoms with Gasteiger partial charge in [0.2, 0.25) is 0 Å². The Bertz CT molecular complexity index is 611. The zero-order valence-electron chi connectivity index (χ0n) is 10.6. The molecule has 0 saturated heterocycles. The third kappa shape index (κ3) is 3.52. The second kappa shape index (κ2) is 6.13. The normalized spacial score (nSPS) is 10.4. The van der Waals surface area contributed by atoms with E-state index in [0.29, 0.717) is 0 Å². The van der Waals surface area contributed by atoms with E-state index in [1.807, 2.05) is 49.4 Å². The lowest BCUT2D eigenvalue weighted by Gasteiger charge is -2.09. The Morgan fingerprint density at radius 2 is 2.00 bits per heavy atom. The maximum absolute atomic E-state index is 7.64. The van der Waals surface area contributed by atoms with Gasteiger partial charge >= 0.3 is 0 Å². The van der Waals surface area contributed by atoms with Crippen molar-refractivity contribution in [3.8, 4) is 0 Å². The first-order chi connectivity index (χ1) is 9.08. The molecule has 0 heterocycles. The molecule has 2 rings (SSSR count). The van der Waals surface area contributed by atoms with Gasteiger partial charge in [0.15, 0.2) is 0 Å². The molecular weight excluding hydrogens is 276 g/mol. The second-order valence-electron chi connectivity index (χ2n) is 4.29. The number of thioether (sulfide) groups is 1. The average Bonchev–Trinajstić information content (AvgIpc) is 2.38. The molecule has 0 spiro atoms. The highest BCUT2D eigenvalue weighted by atomic mass is 35.5. The van der Waals surface area contributed by atoms with E-state index >= 15 is 0 Å². The predicted octanol–water partition coefficient (Wildman–Crippen LogP) is 4.22. The van der Waals surface area contributed by atoms with Crippen LogP contribution in [0.5, 0.6) is 0 Å². The molecule has 0 atom stereocenters. The van der Waals surface area contributed by atoms with E-state index in [9.17, 15) is 0 Å². The van der Waals surface area contributed by atoms with Crippen LogP contribution in [0.25, 0.3) is 0 Å². The van der Waals surface area contributed by atoms with Crippen molar-refractivity contribution in [2.75, 3.05) is 0 Å². The molecule has 2 aromatic carbocycles. The summed E-state index contributed by atoms with van der Waals surface area (Å²) < 4.78 is 0. The minimum atomic E-state index is 0.102. The zero-order chi connectivity index (χ0) is 13.8. The molecule has 0 aromatic heterocycles. The highest BCUT2D eigenvalue weighted by molar-refractivity contribution is 7.98. The first-order valence-electron chi connectivity index (χ1n) is 5.89. The Morgan fingerprint density at radius 1 is 1.26 bits per heavy atom. The van der Waals surface area contributed by atoms with Gasteiger partial charge in [-0.15, -0.1) is 11.8 Å². The quantitative estimate of drug-likeness (QED) is 0.503. The fourth-order valence-electron chi connectivity index (χ4n) is 1.75. The van der Waals surface area contributed by atoms with E-state index in [1.165, 1.54) is 0 Å². The third-order valence-corrected chi connectivity index (χ3v) is 4.26. The van der Waals surface area contributed by atoms with Crippen molar-refractivity contribution in [3.63, 3.8) is 0 Å². The molecule has 0 amide bonds. The van der Waals surface area contributed by atoms with Crippen molar-refractivity contribution >= 4 is 29.2 Å². The molecule has 0 bridgehead atoms. The highest BCUT2D eigenvalue weighted by Gasteiger charge is 2.07. The van der Waals surface area contributed by atoms with Gasteiger partial charge in [0.25, 0.3) is 0 Å². The smallest absolute Gasteiger partial charge is 0.123 e. The van der Waals surface area contributed by atoms with Crippen molar-refractivity contribution in [1.82, 2.24) is 0 Å². The number of halogens is 1. The number of benzene rings is 2. The summed E-state index contributed by atoms with van der Waals surface area (Å²) in [6, 6.07) is 13.8. The van der Waals surface area contributed by atoms with E-state index in [4.69, 9.17) is 22.7 Å². The van der Waals surface area contributed by atoms with Crippen LogP contribution in [-0.4, -0.2) is 5.84 Å². The molecule has 3 N–H and O–H groups in total. The fraction of sp³-hybridized carbons (Fsp3) is 0.133. The number of nitrogen functional groups attached to an aromatic ring is 1. The van der Waals surface area contributed by atoms with Crippen molar-refractivity contribution in [2.24, 2.45) is 5.73 Å². The summed E-state index contributed by atoms with van der Waals surface area (Å²) in [6.07, 6.45) is 0. The van der Waals surface area contributed by atoms with Crippen LogP contribution in [0.15, 0.2) is 47.4 Å². The summed E-state index contributed by atoms with van der Waals surface area (Å²) >= 11 is 7.78. The van der Waals surface area contributed by atoms with Gasteiger partial charge in [-0.1, -0.05) is 41.4 Å². The number of nitrogens with one attached hydrogen (secondary N) is 1. The molecule has 98 valence electrons. The molecule has 4 heteroatoms. The second-order valence-corrected chi connectivity index (χ2v) is 5.72. The van der Waals surface area contributed by atoms with Gasteiger partial charge < -0.3 is 5.73 Å². The maximum atomic E-state index is 7.64. The SMILES string of the molecule is Cc1ccc(SCc2ccccc2Cl)c(C(=N)N)c1. The van der Waals surface area contributed by atoms with E-state index in [0.717, 1.165) is 32.4 Å². The van der Waals surface area contributed by atoms with Crippen molar-refractivity contribution in [1.29, 1.82) is 5.41 Å². The van der Waals surface area contributed by atoms with Gasteiger partial charge in [-0.05, 0) is 30.7 Å². The number of hydrogen-bond donors (Lipinski definition) is 2. The standard InChI is InChI=1S/C15H15ClN2S/c1-10-6-7-14(12(8-10)15(17)18)19-9-11-4-2-3-5-13(11)16/h2-8H,9H2,1H3,(H3,17,18). The third-order valence-electron chi connectivity index (χ3n) is 2.77. The van der Waals surface area contributed by atoms with Gasteiger partial charge in [-0.2, -0.15) is 0 Å². The Hall–Kier alpha value is -1.45. The number of nitrogens with two attached hydrogens (primary N) is 1. The summed E-state index contributed by atoms with van der Waals surface area (Å²) in [4.78, 5) is 1.01. The van der Waals surface area contributed by atoms with Crippen molar-refractivity contribution in [2.45, 2.75) is 17.6 Å². The minimum absolute atomic E-state index is 0.102. The fourth-order valence-corrected chi connectivity index (χ4v) is 3.08. The lowest BCUT2D eigenvalue weighted by atomic mass is 10.1. The van der Waals surface area contributed by atoms with Gasteiger partial charge in [0, 0.05) is 21.2 Å². The monoisotopic (exact) mass is 290 g/mol. The lowest BCUT2D eigenvalue weighted by molar-refractivity contribution is 1.29. The average molecular weight is 291 g/mol. The summed E-state index contributed by atoms with van der Waals surface area (Å²) in [5.74, 6) is 0.869. The van der Waals surface area contributed by atoms with Gasteiger partial charge in [-0.25, -0.2) is 0 Å². The van der Waals surface area contributed by atoms with Crippen LogP contribution in [0, 0.1) is 12.3 Å². The Labute approximate surface area is 122 Å². The molecule has 0 fully saturated rings. The van der Waals surface area contributed by atoms with E-state index in [2.05, 4.69) is 0 Å². The lowest BCUT2D eigenvalue weighted by Crippen LogP contribution is -2.12. The number of aryl methyl sites for hydroxylation is 1. The van der Waals surface area contributed by atoms with Crippen LogP contribution in [0.1, 0.15) is 16.7 Å². The maximum Gasteiger partial charge on any atom is 0.123 e. The first kappa shape index (κ1) is 14.0. The topological polar surface area (TPSA) is 49.9 Å². The molecule has 0 radical (unpaired) electrons. The summed E-state index contributed by atoms with van der Waals surface area (Å²) in [5, 5.41) is 8.41. The Balaban J connectivity index is 2.20. The van der Waals surface area contributed by atoms with Gasteiger partial charge in [-0.3, -0.25) is 5.41 Å². The molecule has 19 heavy (non-hydrogen) atoms. The Kier molecular flexibility index (Phi) is 4.51. The van der Waals surface area contributed by atoms with Crippen molar-refractivity contribution < 1.29 is 0 Å². The summed E-state index contributed by atoms with van der Waals surface area (Å²) in [5.41, 5.74) is 8.61. The molecule has 0 saturated carbocycles. The number of hydrogen-bond acceptors (Lipinski definition) is 2. The first-order valence-corrected chi connectivity index (χ1v) is 7.25. The van der Waals surface area contributed by atoms with E-state index in [-0.39, 0.29) is 5.84 Å². The molecule has 2 nitrogen and oxygen atoms in total. The van der Waals surface area contributed by atoms with Crippen LogP contribution in [0.3, 0.4) is 0 Å². The minimum Gasteiger partial charge on any atom is -0.384 e. The number of rotatable bonds is 4. The molecule has 0 aliphatic rings. The van der Waals surface area contributed by atoms with Gasteiger partial charge in [0.1, 0.15) is 5.84 Å². The van der Waals surface area contributed by atoms with E-state index in [1.54, 1.807) is 11.8 Å². The molecule has 0 aliphatic carbocycles. The van der Waals surface area contributed by atoms with Crippen LogP contribution in [0.2, 0.25) is 5.02 Å². The molecular formula is C15H15ClN2S.